The van der Waals surface area contributed by atoms with Crippen molar-refractivity contribution in [3.8, 4) is 17.0 Å². The van der Waals surface area contributed by atoms with E-state index in [2.05, 4.69) is 15.4 Å². The van der Waals surface area contributed by atoms with Crippen LogP contribution in [0.4, 0.5) is 10.6 Å². The van der Waals surface area contributed by atoms with E-state index in [1.54, 1.807) is 44.1 Å². The van der Waals surface area contributed by atoms with Gasteiger partial charge in [-0.3, -0.25) is 10.00 Å². The smallest absolute Gasteiger partial charge is 0.413 e. The first-order chi connectivity index (χ1) is 15.9. The number of aromatic nitrogens is 4. The summed E-state index contributed by atoms with van der Waals surface area (Å²) >= 11 is 6.04. The molecule has 0 bridgehead atoms. The number of halogens is 1. The summed E-state index contributed by atoms with van der Waals surface area (Å²) in [5.41, 5.74) is 4.02. The van der Waals surface area contributed by atoms with Gasteiger partial charge < -0.3 is 18.8 Å². The van der Waals surface area contributed by atoms with Gasteiger partial charge in [0.25, 0.3) is 0 Å². The molecule has 2 aromatic carbocycles. The number of carbonyl (C=O) groups is 1. The van der Waals surface area contributed by atoms with Crippen LogP contribution in [0.3, 0.4) is 0 Å². The van der Waals surface area contributed by atoms with Crippen molar-refractivity contribution in [1.82, 2.24) is 19.3 Å². The molecule has 0 aliphatic heterocycles. The Kier molecular flexibility index (Phi) is 6.52. The van der Waals surface area contributed by atoms with Crippen LogP contribution in [0.25, 0.3) is 22.3 Å². The van der Waals surface area contributed by atoms with Gasteiger partial charge in [-0.2, -0.15) is 5.10 Å². The number of rotatable bonds is 7. The normalized spacial score (nSPS) is 11.1. The summed E-state index contributed by atoms with van der Waals surface area (Å²) in [5, 5.41) is 7.74. The van der Waals surface area contributed by atoms with Gasteiger partial charge in [-0.15, -0.1) is 0 Å². The highest BCUT2D eigenvalue weighted by Crippen LogP contribution is 2.32. The molecule has 9 nitrogen and oxygen atoms in total. The second kappa shape index (κ2) is 9.51. The van der Waals surface area contributed by atoms with Gasteiger partial charge in [-0.05, 0) is 35.9 Å². The highest BCUT2D eigenvalue weighted by atomic mass is 35.5. The summed E-state index contributed by atoms with van der Waals surface area (Å²) < 4.78 is 19.5. The minimum Gasteiger partial charge on any atom is -0.496 e. The molecule has 4 aromatic rings. The van der Waals surface area contributed by atoms with Crippen LogP contribution in [0.2, 0.25) is 5.02 Å². The third kappa shape index (κ3) is 4.79. The molecule has 2 aromatic heterocycles. The average Bonchev–Trinajstić information content (AvgIpc) is 3.31. The lowest BCUT2D eigenvalue weighted by molar-refractivity contribution is 0.155. The number of fused-ring (bicyclic) bond motifs is 1. The van der Waals surface area contributed by atoms with Crippen molar-refractivity contribution in [3.63, 3.8) is 0 Å². The van der Waals surface area contributed by atoms with Gasteiger partial charge in [0, 0.05) is 37.9 Å². The topological polar surface area (TPSA) is 92.4 Å². The molecule has 0 fully saturated rings. The second-order valence-corrected chi connectivity index (χ2v) is 7.86. The van der Waals surface area contributed by atoms with Gasteiger partial charge in [0.1, 0.15) is 30.6 Å². The maximum atomic E-state index is 12.4. The van der Waals surface area contributed by atoms with Crippen molar-refractivity contribution in [3.05, 3.63) is 58.9 Å². The predicted octanol–water partition coefficient (Wildman–Crippen LogP) is 4.53. The lowest BCUT2D eigenvalue weighted by Gasteiger charge is -2.07. The van der Waals surface area contributed by atoms with Crippen molar-refractivity contribution < 1.29 is 19.0 Å². The van der Waals surface area contributed by atoms with Crippen LogP contribution in [-0.2, 0) is 36.8 Å². The van der Waals surface area contributed by atoms with E-state index in [4.69, 9.17) is 25.8 Å². The maximum absolute atomic E-state index is 12.4. The van der Waals surface area contributed by atoms with Crippen molar-refractivity contribution in [2.24, 2.45) is 14.1 Å². The van der Waals surface area contributed by atoms with E-state index in [1.165, 1.54) is 0 Å². The largest absolute Gasteiger partial charge is 0.496 e. The molecule has 0 radical (unpaired) electrons. The van der Waals surface area contributed by atoms with Crippen molar-refractivity contribution in [2.45, 2.75) is 13.2 Å². The summed E-state index contributed by atoms with van der Waals surface area (Å²) in [6.45, 7) is 0.529. The van der Waals surface area contributed by atoms with E-state index in [0.717, 1.165) is 28.0 Å². The Morgan fingerprint density at radius 2 is 1.91 bits per heavy atom. The van der Waals surface area contributed by atoms with E-state index < -0.39 is 6.09 Å². The van der Waals surface area contributed by atoms with Crippen LogP contribution >= 0.6 is 11.6 Å². The molecule has 33 heavy (non-hydrogen) atoms. The average molecular weight is 470 g/mol. The Balaban J connectivity index is 1.43. The molecular weight excluding hydrogens is 446 g/mol. The Morgan fingerprint density at radius 3 is 2.67 bits per heavy atom. The highest BCUT2D eigenvalue weighted by molar-refractivity contribution is 6.30. The molecule has 0 saturated heterocycles. The number of amides is 1. The Hall–Kier alpha value is -3.56. The van der Waals surface area contributed by atoms with Gasteiger partial charge in [0.15, 0.2) is 0 Å². The fourth-order valence-electron chi connectivity index (χ4n) is 3.53. The molecule has 0 aliphatic rings. The Labute approximate surface area is 195 Å². The van der Waals surface area contributed by atoms with E-state index in [-0.39, 0.29) is 6.61 Å². The number of hydrogen-bond donors (Lipinski definition) is 1. The molecule has 0 saturated carbocycles. The van der Waals surface area contributed by atoms with E-state index in [9.17, 15) is 4.79 Å². The number of imidazole rings is 1. The zero-order valence-corrected chi connectivity index (χ0v) is 19.5. The van der Waals surface area contributed by atoms with Crippen LogP contribution in [0.1, 0.15) is 11.4 Å². The number of nitrogens with one attached hydrogen (secondary N) is 1. The third-order valence-corrected chi connectivity index (χ3v) is 5.47. The van der Waals surface area contributed by atoms with Gasteiger partial charge in [-0.1, -0.05) is 17.7 Å². The fraction of sp³-hybridized carbons (Fsp3) is 0.261. The quantitative estimate of drug-likeness (QED) is 0.427. The molecule has 172 valence electrons. The first-order valence-electron chi connectivity index (χ1n) is 10.1. The van der Waals surface area contributed by atoms with Crippen LogP contribution in [0.15, 0.2) is 42.5 Å². The monoisotopic (exact) mass is 469 g/mol. The lowest BCUT2D eigenvalue weighted by atomic mass is 10.1. The first-order valence-corrected chi connectivity index (χ1v) is 10.5. The molecule has 10 heteroatoms. The third-order valence-electron chi connectivity index (χ3n) is 5.23. The highest BCUT2D eigenvalue weighted by Gasteiger charge is 2.15. The number of benzene rings is 2. The molecule has 2 heterocycles. The molecule has 0 unspecified atom stereocenters. The fourth-order valence-corrected chi connectivity index (χ4v) is 3.69. The van der Waals surface area contributed by atoms with Crippen LogP contribution in [0, 0.1) is 0 Å². The molecular formula is C23H24ClN5O4. The van der Waals surface area contributed by atoms with Gasteiger partial charge in [-0.25, -0.2) is 9.78 Å². The van der Waals surface area contributed by atoms with E-state index in [1.807, 2.05) is 35.9 Å². The molecule has 0 spiro atoms. The number of nitrogens with zero attached hydrogens (tertiary/aromatic N) is 4. The van der Waals surface area contributed by atoms with E-state index >= 15 is 0 Å². The molecule has 0 atom stereocenters. The summed E-state index contributed by atoms with van der Waals surface area (Å²) in [5.74, 6) is 1.90. The first kappa shape index (κ1) is 22.6. The zero-order chi connectivity index (χ0) is 23.5. The van der Waals surface area contributed by atoms with Crippen LogP contribution in [0.5, 0.6) is 5.75 Å². The Morgan fingerprint density at radius 1 is 1.09 bits per heavy atom. The predicted molar refractivity (Wildman–Crippen MR) is 125 cm³/mol. The van der Waals surface area contributed by atoms with Crippen molar-refractivity contribution in [2.75, 3.05) is 19.5 Å². The summed E-state index contributed by atoms with van der Waals surface area (Å²) in [7, 11) is 6.87. The summed E-state index contributed by atoms with van der Waals surface area (Å²) in [6, 6.07) is 12.8. The molecule has 1 amide bonds. The SMILES string of the molecule is COCc1nc2cc(COC(=O)Nc3cc(-c4ccc(Cl)cc4OC)nn3C)ccc2n1C. The summed E-state index contributed by atoms with van der Waals surface area (Å²) in [4.78, 5) is 17.0. The summed E-state index contributed by atoms with van der Waals surface area (Å²) in [6.07, 6.45) is -0.589. The van der Waals surface area contributed by atoms with Crippen LogP contribution < -0.4 is 10.1 Å². The minimum atomic E-state index is -0.589. The standard InChI is InChI=1S/C23H24ClN5O4/c1-28-19-8-5-14(9-18(19)25-22(28)13-31-3)12-33-23(30)26-21-11-17(27-29(21)2)16-7-6-15(24)10-20(16)32-4/h5-11H,12-13H2,1-4H3,(H,26,30). The van der Waals surface area contributed by atoms with Crippen LogP contribution in [-0.4, -0.2) is 39.6 Å². The lowest BCUT2D eigenvalue weighted by Crippen LogP contribution is -2.15. The van der Waals surface area contributed by atoms with Gasteiger partial charge >= 0.3 is 6.09 Å². The van der Waals surface area contributed by atoms with E-state index in [0.29, 0.717) is 28.9 Å². The van der Waals surface area contributed by atoms with Crippen molar-refractivity contribution >= 4 is 34.5 Å². The number of aryl methyl sites for hydroxylation is 2. The number of methoxy groups -OCH3 is 2. The minimum absolute atomic E-state index is 0.105. The molecule has 0 aliphatic carbocycles. The van der Waals surface area contributed by atoms with Gasteiger partial charge in [0.2, 0.25) is 0 Å². The molecule has 1 N–H and O–H groups in total. The van der Waals surface area contributed by atoms with Gasteiger partial charge in [0.05, 0.1) is 23.8 Å². The molecule has 4 rings (SSSR count). The number of ether oxygens (including phenoxy) is 3. The number of hydrogen-bond acceptors (Lipinski definition) is 6. The number of carbonyl (C=O) groups excluding carboxylic acids is 1. The second-order valence-electron chi connectivity index (χ2n) is 7.43. The maximum Gasteiger partial charge on any atom is 0.413 e. The van der Waals surface area contributed by atoms with Crippen molar-refractivity contribution in [1.29, 1.82) is 0 Å². The number of anilines is 1. The Bertz CT molecular complexity index is 1310. The zero-order valence-electron chi connectivity index (χ0n) is 18.8.